The van der Waals surface area contributed by atoms with Crippen molar-refractivity contribution in [1.29, 1.82) is 0 Å². The van der Waals surface area contributed by atoms with Crippen LogP contribution in [-0.4, -0.2) is 17.5 Å². The number of benzene rings is 2. The molecule has 1 atom stereocenters. The minimum atomic E-state index is -0.243. The van der Waals surface area contributed by atoms with E-state index in [0.29, 0.717) is 6.61 Å². The first-order valence-corrected chi connectivity index (χ1v) is 11.1. The molecule has 4 heteroatoms. The number of halogens is 1. The van der Waals surface area contributed by atoms with Crippen molar-refractivity contribution in [2.24, 2.45) is 0 Å². The topological polar surface area (TPSA) is 29.5 Å². The van der Waals surface area contributed by atoms with Gasteiger partial charge in [0.25, 0.3) is 0 Å². The van der Waals surface area contributed by atoms with Crippen molar-refractivity contribution in [3.05, 3.63) is 70.2 Å². The van der Waals surface area contributed by atoms with Crippen molar-refractivity contribution in [3.63, 3.8) is 0 Å². The number of carbonyl (C=O) groups is 1. The summed E-state index contributed by atoms with van der Waals surface area (Å²) in [6.45, 7) is 5.32. The molecule has 0 aliphatic rings. The maximum atomic E-state index is 12.9. The summed E-state index contributed by atoms with van der Waals surface area (Å²) in [4.78, 5) is 14.7. The van der Waals surface area contributed by atoms with E-state index in [2.05, 4.69) is 41.9 Å². The van der Waals surface area contributed by atoms with Crippen LogP contribution in [0.5, 0.6) is 0 Å². The van der Waals surface area contributed by atoms with Gasteiger partial charge in [-0.2, -0.15) is 0 Å². The summed E-state index contributed by atoms with van der Waals surface area (Å²) in [7, 11) is 0. The fourth-order valence-electron chi connectivity index (χ4n) is 3.23. The van der Waals surface area contributed by atoms with E-state index in [1.807, 2.05) is 47.4 Å². The molecule has 152 valence electrons. The predicted octanol–water partition coefficient (Wildman–Crippen LogP) is 7.51. The van der Waals surface area contributed by atoms with Gasteiger partial charge in [-0.1, -0.05) is 97.4 Å². The van der Waals surface area contributed by atoms with Crippen molar-refractivity contribution < 1.29 is 9.53 Å². The third-order valence-corrected chi connectivity index (χ3v) is 5.54. The number of carbonyl (C=O) groups excluding carboxylic acids is 1. The zero-order chi connectivity index (χ0) is 20.2. The Morgan fingerprint density at radius 3 is 2.29 bits per heavy atom. The first kappa shape index (κ1) is 22.5. The fraction of sp³-hybridized carbons (Fsp3) is 0.458. The van der Waals surface area contributed by atoms with E-state index in [1.165, 1.54) is 25.7 Å². The van der Waals surface area contributed by atoms with Crippen molar-refractivity contribution in [3.8, 4) is 0 Å². The highest BCUT2D eigenvalue weighted by Gasteiger charge is 2.22. The van der Waals surface area contributed by atoms with Gasteiger partial charge in [0.1, 0.15) is 6.61 Å². The van der Waals surface area contributed by atoms with Gasteiger partial charge >= 0.3 is 6.09 Å². The summed E-state index contributed by atoms with van der Waals surface area (Å²) >= 11 is 3.48. The van der Waals surface area contributed by atoms with E-state index >= 15 is 0 Å². The van der Waals surface area contributed by atoms with E-state index in [4.69, 9.17) is 4.74 Å². The molecule has 0 heterocycles. The summed E-state index contributed by atoms with van der Waals surface area (Å²) in [5.74, 6) is 0. The Balaban J connectivity index is 1.97. The highest BCUT2D eigenvalue weighted by molar-refractivity contribution is 9.10. The summed E-state index contributed by atoms with van der Waals surface area (Å²) in [5, 5.41) is 0. The summed E-state index contributed by atoms with van der Waals surface area (Å²) in [6.07, 6.45) is 6.95. The normalized spacial score (nSPS) is 11.8. The Labute approximate surface area is 178 Å². The minimum Gasteiger partial charge on any atom is -0.445 e. The Kier molecular flexibility index (Phi) is 10.1. The highest BCUT2D eigenvalue weighted by atomic mass is 79.9. The third kappa shape index (κ3) is 7.67. The van der Waals surface area contributed by atoms with Crippen LogP contribution >= 0.6 is 15.9 Å². The number of hydrogen-bond donors (Lipinski definition) is 0. The molecule has 0 saturated heterocycles. The van der Waals surface area contributed by atoms with Gasteiger partial charge in [-0.3, -0.25) is 0 Å². The Bertz CT molecular complexity index is 688. The van der Waals surface area contributed by atoms with Crippen LogP contribution in [0.4, 0.5) is 4.79 Å². The number of unbranched alkanes of at least 4 members (excludes halogenated alkanes) is 5. The standard InChI is InChI=1S/C24H32BrNO2/c1-3-4-5-6-7-11-18-26(20(2)22-14-16-23(25)17-15-22)24(27)28-19-21-12-9-8-10-13-21/h8-10,12-17,20H,3-7,11,18-19H2,1-2H3. The van der Waals surface area contributed by atoms with E-state index in [1.54, 1.807) is 0 Å². The molecule has 2 rings (SSSR count). The molecule has 0 aliphatic heterocycles. The summed E-state index contributed by atoms with van der Waals surface area (Å²) < 4.78 is 6.67. The summed E-state index contributed by atoms with van der Waals surface area (Å²) in [6, 6.07) is 18.0. The molecule has 3 nitrogen and oxygen atoms in total. The molecular weight excluding hydrogens is 414 g/mol. The van der Waals surface area contributed by atoms with Gasteiger partial charge in [0.05, 0.1) is 6.04 Å². The van der Waals surface area contributed by atoms with Gasteiger partial charge in [0.15, 0.2) is 0 Å². The molecular formula is C24H32BrNO2. The molecule has 0 aromatic heterocycles. The largest absolute Gasteiger partial charge is 0.445 e. The van der Waals surface area contributed by atoms with Gasteiger partial charge < -0.3 is 9.64 Å². The molecule has 2 aromatic carbocycles. The van der Waals surface area contributed by atoms with Crippen LogP contribution in [0.2, 0.25) is 0 Å². The van der Waals surface area contributed by atoms with Crippen LogP contribution in [-0.2, 0) is 11.3 Å². The number of rotatable bonds is 11. The minimum absolute atomic E-state index is 0.0213. The van der Waals surface area contributed by atoms with E-state index in [0.717, 1.165) is 35.0 Å². The maximum absolute atomic E-state index is 12.9. The van der Waals surface area contributed by atoms with Gasteiger partial charge in [-0.05, 0) is 36.6 Å². The Hall–Kier alpha value is -1.81. The highest BCUT2D eigenvalue weighted by Crippen LogP contribution is 2.24. The first-order chi connectivity index (χ1) is 13.6. The fourth-order valence-corrected chi connectivity index (χ4v) is 3.49. The molecule has 0 spiro atoms. The lowest BCUT2D eigenvalue weighted by molar-refractivity contribution is 0.0821. The van der Waals surface area contributed by atoms with Crippen LogP contribution in [0.3, 0.4) is 0 Å². The zero-order valence-electron chi connectivity index (χ0n) is 17.1. The molecule has 0 saturated carbocycles. The molecule has 1 amide bonds. The third-order valence-electron chi connectivity index (χ3n) is 5.01. The van der Waals surface area contributed by atoms with Crippen LogP contribution in [0.15, 0.2) is 59.1 Å². The number of hydrogen-bond acceptors (Lipinski definition) is 2. The monoisotopic (exact) mass is 445 g/mol. The summed E-state index contributed by atoms with van der Waals surface area (Å²) in [5.41, 5.74) is 2.12. The van der Waals surface area contributed by atoms with Gasteiger partial charge in [-0.15, -0.1) is 0 Å². The lowest BCUT2D eigenvalue weighted by Crippen LogP contribution is -2.35. The van der Waals surface area contributed by atoms with Crippen LogP contribution in [0.1, 0.15) is 69.5 Å². The number of ether oxygens (including phenoxy) is 1. The molecule has 0 radical (unpaired) electrons. The Morgan fingerprint density at radius 1 is 0.964 bits per heavy atom. The molecule has 1 unspecified atom stereocenters. The second kappa shape index (κ2) is 12.6. The quantitative estimate of drug-likeness (QED) is 0.334. The van der Waals surface area contributed by atoms with Crippen molar-refractivity contribution in [1.82, 2.24) is 4.90 Å². The van der Waals surface area contributed by atoms with Gasteiger partial charge in [-0.25, -0.2) is 4.79 Å². The second-order valence-electron chi connectivity index (χ2n) is 7.23. The Morgan fingerprint density at radius 2 is 1.61 bits per heavy atom. The van der Waals surface area contributed by atoms with E-state index < -0.39 is 0 Å². The van der Waals surface area contributed by atoms with Gasteiger partial charge in [0.2, 0.25) is 0 Å². The molecule has 0 aliphatic carbocycles. The van der Waals surface area contributed by atoms with Crippen LogP contribution in [0, 0.1) is 0 Å². The van der Waals surface area contributed by atoms with Gasteiger partial charge in [0, 0.05) is 11.0 Å². The van der Waals surface area contributed by atoms with Crippen LogP contribution in [0.25, 0.3) is 0 Å². The average molecular weight is 446 g/mol. The van der Waals surface area contributed by atoms with Crippen LogP contribution < -0.4 is 0 Å². The molecule has 0 N–H and O–H groups in total. The van der Waals surface area contributed by atoms with E-state index in [9.17, 15) is 4.79 Å². The SMILES string of the molecule is CCCCCCCCN(C(=O)OCc1ccccc1)C(C)c1ccc(Br)cc1. The van der Waals surface area contributed by atoms with Crippen molar-refractivity contribution in [2.75, 3.05) is 6.54 Å². The maximum Gasteiger partial charge on any atom is 0.410 e. The van der Waals surface area contributed by atoms with Crippen molar-refractivity contribution >= 4 is 22.0 Å². The lowest BCUT2D eigenvalue weighted by Gasteiger charge is -2.29. The zero-order valence-corrected chi connectivity index (χ0v) is 18.7. The second-order valence-corrected chi connectivity index (χ2v) is 8.14. The van der Waals surface area contributed by atoms with Crippen molar-refractivity contribution in [2.45, 2.75) is 65.0 Å². The molecule has 0 fully saturated rings. The molecule has 2 aromatic rings. The number of nitrogens with zero attached hydrogens (tertiary/aromatic N) is 1. The average Bonchev–Trinajstić information content (AvgIpc) is 2.72. The smallest absolute Gasteiger partial charge is 0.410 e. The van der Waals surface area contributed by atoms with E-state index in [-0.39, 0.29) is 12.1 Å². The molecule has 0 bridgehead atoms. The lowest BCUT2D eigenvalue weighted by atomic mass is 10.1. The molecule has 28 heavy (non-hydrogen) atoms. The first-order valence-electron chi connectivity index (χ1n) is 10.3. The predicted molar refractivity (Wildman–Crippen MR) is 119 cm³/mol. The number of amides is 1.